The average molecular weight is 282 g/mol. The van der Waals surface area contributed by atoms with E-state index in [4.69, 9.17) is 5.11 Å². The van der Waals surface area contributed by atoms with E-state index in [2.05, 4.69) is 15.9 Å². The second-order valence-corrected chi connectivity index (χ2v) is 4.48. The lowest BCUT2D eigenvalue weighted by Gasteiger charge is -2.07. The Kier molecular flexibility index (Phi) is 11.7. The first-order chi connectivity index (χ1) is 6.86. The molecule has 0 bridgehead atoms. The van der Waals surface area contributed by atoms with Crippen LogP contribution in [0.15, 0.2) is 0 Å². The Morgan fingerprint density at radius 1 is 1.47 bits per heavy atom. The number of carbonyl (C=O) groups is 2. The summed E-state index contributed by atoms with van der Waals surface area (Å²) in [6, 6.07) is 0. The van der Waals surface area contributed by atoms with E-state index in [1.54, 1.807) is 0 Å². The Hall–Kier alpha value is -0.260. The smallest absolute Gasteiger partial charge is 0.182 e. The van der Waals surface area contributed by atoms with Crippen LogP contribution < -0.4 is 0 Å². The Morgan fingerprint density at radius 3 is 2.07 bits per heavy atom. The van der Waals surface area contributed by atoms with Gasteiger partial charge in [-0.05, 0) is 43.5 Å². The highest BCUT2D eigenvalue weighted by Crippen LogP contribution is 2.10. The molecule has 0 aliphatic rings. The van der Waals surface area contributed by atoms with Crippen LogP contribution in [0.2, 0.25) is 0 Å². The van der Waals surface area contributed by atoms with Crippen molar-refractivity contribution in [2.75, 3.05) is 21.1 Å². The van der Waals surface area contributed by atoms with Gasteiger partial charge in [0.25, 0.3) is 0 Å². The first-order valence-corrected chi connectivity index (χ1v) is 5.70. The van der Waals surface area contributed by atoms with Crippen molar-refractivity contribution in [1.29, 1.82) is 0 Å². The fourth-order valence-corrected chi connectivity index (χ4v) is 1.10. The molecular weight excluding hydrogens is 262 g/mol. The first kappa shape index (κ1) is 17.1. The molecule has 0 saturated heterocycles. The Bertz CT molecular complexity index is 181. The molecule has 0 fully saturated rings. The number of rotatable bonds is 5. The van der Waals surface area contributed by atoms with E-state index < -0.39 is 16.7 Å². The third-order valence-electron chi connectivity index (χ3n) is 1.36. The molecule has 5 heteroatoms. The van der Waals surface area contributed by atoms with E-state index in [0.717, 1.165) is 6.42 Å². The van der Waals surface area contributed by atoms with Crippen molar-refractivity contribution >= 4 is 28.0 Å². The number of carbonyl (C=O) groups excluding carboxylic acids is 2. The van der Waals surface area contributed by atoms with Gasteiger partial charge >= 0.3 is 0 Å². The molecule has 90 valence electrons. The van der Waals surface area contributed by atoms with E-state index in [1.165, 1.54) is 0 Å². The minimum Gasteiger partial charge on any atom is -0.374 e. The summed E-state index contributed by atoms with van der Waals surface area (Å²) >= 11 is 2.70. The molecule has 0 radical (unpaired) electrons. The number of aliphatic hydroxyl groups is 1. The van der Waals surface area contributed by atoms with Crippen molar-refractivity contribution in [1.82, 2.24) is 4.90 Å². The van der Waals surface area contributed by atoms with E-state index >= 15 is 0 Å². The van der Waals surface area contributed by atoms with Crippen molar-refractivity contribution in [2.24, 2.45) is 5.92 Å². The zero-order chi connectivity index (χ0) is 12.4. The molecular formula is C10H20BrNO3. The van der Waals surface area contributed by atoms with Gasteiger partial charge in [-0.15, -0.1) is 0 Å². The predicted octanol–water partition coefficient (Wildman–Crippen LogP) is 1.06. The lowest BCUT2D eigenvalue weighted by molar-refractivity contribution is -0.130. The lowest BCUT2D eigenvalue weighted by atomic mass is 10.0. The van der Waals surface area contributed by atoms with Crippen LogP contribution in [0.1, 0.15) is 19.8 Å². The molecule has 0 aliphatic carbocycles. The molecule has 2 atom stereocenters. The molecule has 0 saturated carbocycles. The van der Waals surface area contributed by atoms with E-state index in [9.17, 15) is 9.59 Å². The summed E-state index contributed by atoms with van der Waals surface area (Å²) < 4.78 is 0. The van der Waals surface area contributed by atoms with Gasteiger partial charge in [0.1, 0.15) is 6.29 Å². The van der Waals surface area contributed by atoms with E-state index in [0.29, 0.717) is 12.7 Å². The standard InChI is InChI=1S/C7H11BrO3.C3H9N/c1-2-3-5(4-9)6(10)7(8)11;1-4(2)3/h4-5,7,11H,2-3H2,1H3;1-3H3/t5?,7-;/m1./s1. The Labute approximate surface area is 99.8 Å². The molecule has 0 aromatic carbocycles. The summed E-state index contributed by atoms with van der Waals surface area (Å²) in [7, 11) is 6.00. The summed E-state index contributed by atoms with van der Waals surface area (Å²) in [5.74, 6) is -1.11. The number of ketones is 1. The normalized spacial score (nSPS) is 13.8. The maximum Gasteiger partial charge on any atom is 0.182 e. The maximum absolute atomic E-state index is 10.9. The van der Waals surface area contributed by atoms with Gasteiger partial charge in [0.2, 0.25) is 0 Å². The first-order valence-electron chi connectivity index (χ1n) is 4.78. The molecule has 0 spiro atoms. The molecule has 0 aromatic rings. The number of nitrogens with zero attached hydrogens (tertiary/aromatic N) is 1. The number of aliphatic hydroxyl groups excluding tert-OH is 1. The van der Waals surface area contributed by atoms with E-state index in [1.807, 2.05) is 33.0 Å². The van der Waals surface area contributed by atoms with Gasteiger partial charge in [-0.2, -0.15) is 0 Å². The Morgan fingerprint density at radius 2 is 1.87 bits per heavy atom. The highest BCUT2D eigenvalue weighted by atomic mass is 79.9. The molecule has 15 heavy (non-hydrogen) atoms. The third kappa shape index (κ3) is 11.7. The van der Waals surface area contributed by atoms with Gasteiger partial charge in [0.15, 0.2) is 10.8 Å². The number of hydrogen-bond acceptors (Lipinski definition) is 4. The van der Waals surface area contributed by atoms with Crippen LogP contribution in [-0.4, -0.2) is 48.2 Å². The molecule has 0 aromatic heterocycles. The second kappa shape index (κ2) is 10.3. The topological polar surface area (TPSA) is 57.6 Å². The summed E-state index contributed by atoms with van der Waals surface area (Å²) in [5.41, 5.74) is 0. The molecule has 0 aliphatic heterocycles. The zero-order valence-electron chi connectivity index (χ0n) is 9.74. The number of hydrogen-bond donors (Lipinski definition) is 1. The monoisotopic (exact) mass is 281 g/mol. The maximum atomic E-state index is 10.9. The van der Waals surface area contributed by atoms with Crippen LogP contribution in [0.4, 0.5) is 0 Å². The number of alkyl halides is 1. The van der Waals surface area contributed by atoms with Gasteiger partial charge < -0.3 is 14.8 Å². The number of halogens is 1. The number of aldehydes is 1. The predicted molar refractivity (Wildman–Crippen MR) is 64.0 cm³/mol. The minimum atomic E-state index is -1.20. The third-order valence-corrected chi connectivity index (χ3v) is 1.82. The average Bonchev–Trinajstić information content (AvgIpc) is 2.12. The van der Waals surface area contributed by atoms with Crippen LogP contribution in [0.3, 0.4) is 0 Å². The zero-order valence-corrected chi connectivity index (χ0v) is 11.3. The van der Waals surface area contributed by atoms with Crippen molar-refractivity contribution in [3.63, 3.8) is 0 Å². The van der Waals surface area contributed by atoms with Gasteiger partial charge in [-0.1, -0.05) is 13.3 Å². The highest BCUT2D eigenvalue weighted by Gasteiger charge is 2.21. The summed E-state index contributed by atoms with van der Waals surface area (Å²) in [4.78, 5) is 23.2. The van der Waals surface area contributed by atoms with Crippen molar-refractivity contribution in [2.45, 2.75) is 24.8 Å². The lowest BCUT2D eigenvalue weighted by Crippen LogP contribution is -2.24. The molecule has 0 heterocycles. The van der Waals surface area contributed by atoms with Crippen molar-refractivity contribution in [3.8, 4) is 0 Å². The van der Waals surface area contributed by atoms with Gasteiger partial charge in [0, 0.05) is 0 Å². The molecule has 4 nitrogen and oxygen atoms in total. The van der Waals surface area contributed by atoms with Crippen LogP contribution in [0, 0.1) is 5.92 Å². The fraction of sp³-hybridized carbons (Fsp3) is 0.800. The Balaban J connectivity index is 0. The summed E-state index contributed by atoms with van der Waals surface area (Å²) in [6.07, 6.45) is 1.84. The summed E-state index contributed by atoms with van der Waals surface area (Å²) in [5, 5.41) is 7.55. The van der Waals surface area contributed by atoms with Crippen LogP contribution >= 0.6 is 15.9 Å². The molecule has 1 unspecified atom stereocenters. The molecule has 0 amide bonds. The van der Waals surface area contributed by atoms with Crippen LogP contribution in [0.25, 0.3) is 0 Å². The second-order valence-electron chi connectivity index (χ2n) is 3.61. The van der Waals surface area contributed by atoms with Gasteiger partial charge in [-0.25, -0.2) is 0 Å². The fourth-order valence-electron chi connectivity index (χ4n) is 0.765. The van der Waals surface area contributed by atoms with Gasteiger partial charge in [-0.3, -0.25) is 4.79 Å². The SMILES string of the molecule is CCCC(C=O)C(=O)[C@@H](O)Br.CN(C)C. The van der Waals surface area contributed by atoms with Crippen LogP contribution in [0.5, 0.6) is 0 Å². The molecule has 0 rings (SSSR count). The largest absolute Gasteiger partial charge is 0.374 e. The van der Waals surface area contributed by atoms with Crippen molar-refractivity contribution in [3.05, 3.63) is 0 Å². The number of Topliss-reactive ketones (excluding diaryl/α,β-unsaturated/α-hetero) is 1. The minimum absolute atomic E-state index is 0.457. The molecule has 1 N–H and O–H groups in total. The van der Waals surface area contributed by atoms with Crippen LogP contribution in [-0.2, 0) is 9.59 Å². The quantitative estimate of drug-likeness (QED) is 0.465. The highest BCUT2D eigenvalue weighted by molar-refractivity contribution is 9.09. The van der Waals surface area contributed by atoms with Crippen molar-refractivity contribution < 1.29 is 14.7 Å². The summed E-state index contributed by atoms with van der Waals surface area (Å²) in [6.45, 7) is 1.88. The van der Waals surface area contributed by atoms with Gasteiger partial charge in [0.05, 0.1) is 5.92 Å². The van der Waals surface area contributed by atoms with E-state index in [-0.39, 0.29) is 0 Å².